The van der Waals surface area contributed by atoms with Gasteiger partial charge in [-0.25, -0.2) is 0 Å². The van der Waals surface area contributed by atoms with Crippen LogP contribution in [0.25, 0.3) is 0 Å². The molecule has 0 aromatic rings. The number of nitrogens with one attached hydrogen (secondary N) is 1. The fourth-order valence-electron chi connectivity index (χ4n) is 2.32. The van der Waals surface area contributed by atoms with Crippen LogP contribution in [-0.2, 0) is 4.79 Å². The molecule has 15 heavy (non-hydrogen) atoms. The van der Waals surface area contributed by atoms with Crippen LogP contribution in [0.4, 0.5) is 0 Å². The lowest BCUT2D eigenvalue weighted by Crippen LogP contribution is -2.51. The Bertz CT molecular complexity index is 208. The number of nitrogens with zero attached hydrogens (tertiary/aromatic N) is 1. The first-order valence-corrected chi connectivity index (χ1v) is 5.88. The van der Waals surface area contributed by atoms with Gasteiger partial charge in [-0.3, -0.25) is 9.69 Å². The summed E-state index contributed by atoms with van der Waals surface area (Å²) in [6.45, 7) is 3.62. The number of hydrogen-bond acceptors (Lipinski definition) is 3. The van der Waals surface area contributed by atoms with Crippen molar-refractivity contribution in [3.8, 4) is 0 Å². The molecule has 0 saturated carbocycles. The lowest BCUT2D eigenvalue weighted by Gasteiger charge is -2.33. The van der Waals surface area contributed by atoms with Crippen molar-refractivity contribution in [2.45, 2.75) is 44.7 Å². The zero-order valence-electron chi connectivity index (χ0n) is 9.83. The molecule has 0 spiro atoms. The second-order valence-corrected chi connectivity index (χ2v) is 4.27. The Kier molecular flexibility index (Phi) is 5.05. The Morgan fingerprint density at radius 1 is 1.53 bits per heavy atom. The normalized spacial score (nSPS) is 25.7. The van der Waals surface area contributed by atoms with Gasteiger partial charge >= 0.3 is 0 Å². The summed E-state index contributed by atoms with van der Waals surface area (Å²) in [5.41, 5.74) is 5.77. The van der Waals surface area contributed by atoms with Gasteiger partial charge in [0.1, 0.15) is 0 Å². The summed E-state index contributed by atoms with van der Waals surface area (Å²) >= 11 is 0. The van der Waals surface area contributed by atoms with Crippen LogP contribution in [0.15, 0.2) is 0 Å². The van der Waals surface area contributed by atoms with Gasteiger partial charge in [0, 0.05) is 19.6 Å². The van der Waals surface area contributed by atoms with E-state index in [0.717, 1.165) is 13.0 Å². The maximum absolute atomic E-state index is 11.6. The molecule has 0 aromatic heterocycles. The standard InChI is InChI=1S/C11H23N3O/c1-9(11(15)13-2)14-7-5-3-4-6-10(14)8-12/h9-10H,3-8,12H2,1-2H3,(H,13,15). The van der Waals surface area contributed by atoms with Gasteiger partial charge in [-0.1, -0.05) is 12.8 Å². The van der Waals surface area contributed by atoms with Gasteiger partial charge in [0.05, 0.1) is 6.04 Å². The highest BCUT2D eigenvalue weighted by Gasteiger charge is 2.27. The third-order valence-corrected chi connectivity index (χ3v) is 3.32. The van der Waals surface area contributed by atoms with Gasteiger partial charge in [0.15, 0.2) is 0 Å². The topological polar surface area (TPSA) is 58.4 Å². The number of hydrogen-bond donors (Lipinski definition) is 2. The van der Waals surface area contributed by atoms with Gasteiger partial charge in [-0.15, -0.1) is 0 Å². The molecule has 1 aliphatic heterocycles. The molecule has 2 atom stereocenters. The van der Waals surface area contributed by atoms with Crippen molar-refractivity contribution in [1.29, 1.82) is 0 Å². The second-order valence-electron chi connectivity index (χ2n) is 4.27. The van der Waals surface area contributed by atoms with Crippen molar-refractivity contribution < 1.29 is 4.79 Å². The molecule has 1 aliphatic rings. The summed E-state index contributed by atoms with van der Waals surface area (Å²) in [6.07, 6.45) is 4.79. The summed E-state index contributed by atoms with van der Waals surface area (Å²) in [6, 6.07) is 0.321. The van der Waals surface area contributed by atoms with Crippen LogP contribution in [0.3, 0.4) is 0 Å². The number of rotatable bonds is 3. The summed E-state index contributed by atoms with van der Waals surface area (Å²) in [4.78, 5) is 13.8. The van der Waals surface area contributed by atoms with Gasteiger partial charge < -0.3 is 11.1 Å². The number of likely N-dealkylation sites (tertiary alicyclic amines) is 1. The van der Waals surface area contributed by atoms with Crippen molar-refractivity contribution in [2.24, 2.45) is 5.73 Å². The van der Waals surface area contributed by atoms with Crippen LogP contribution in [0.5, 0.6) is 0 Å². The molecule has 1 saturated heterocycles. The Balaban J connectivity index is 2.65. The Morgan fingerprint density at radius 3 is 2.87 bits per heavy atom. The van der Waals surface area contributed by atoms with E-state index in [1.54, 1.807) is 7.05 Å². The second kappa shape index (κ2) is 6.08. The summed E-state index contributed by atoms with van der Waals surface area (Å²) in [5, 5.41) is 2.71. The van der Waals surface area contributed by atoms with E-state index in [-0.39, 0.29) is 11.9 Å². The number of likely N-dealkylation sites (N-methyl/N-ethyl adjacent to an activating group) is 1. The highest BCUT2D eigenvalue weighted by atomic mass is 16.2. The molecule has 0 aromatic carbocycles. The average Bonchev–Trinajstić information content (AvgIpc) is 2.51. The van der Waals surface area contributed by atoms with Crippen LogP contribution >= 0.6 is 0 Å². The molecule has 1 fully saturated rings. The van der Waals surface area contributed by atoms with E-state index < -0.39 is 0 Å². The van der Waals surface area contributed by atoms with Crippen molar-refractivity contribution in [3.63, 3.8) is 0 Å². The van der Waals surface area contributed by atoms with Crippen LogP contribution in [0, 0.1) is 0 Å². The minimum Gasteiger partial charge on any atom is -0.358 e. The minimum absolute atomic E-state index is 0.0540. The molecular weight excluding hydrogens is 190 g/mol. The highest BCUT2D eigenvalue weighted by molar-refractivity contribution is 5.81. The molecule has 4 heteroatoms. The van der Waals surface area contributed by atoms with Crippen LogP contribution in [0.1, 0.15) is 32.6 Å². The minimum atomic E-state index is -0.0540. The van der Waals surface area contributed by atoms with E-state index in [0.29, 0.717) is 12.6 Å². The first kappa shape index (κ1) is 12.5. The Labute approximate surface area is 92.2 Å². The number of carbonyl (C=O) groups is 1. The van der Waals surface area contributed by atoms with Gasteiger partial charge in [0.25, 0.3) is 0 Å². The number of carbonyl (C=O) groups excluding carboxylic acids is 1. The van der Waals surface area contributed by atoms with E-state index in [9.17, 15) is 4.79 Å². The molecule has 4 nitrogen and oxygen atoms in total. The molecule has 0 bridgehead atoms. The average molecular weight is 213 g/mol. The van der Waals surface area contributed by atoms with E-state index in [1.807, 2.05) is 6.92 Å². The van der Waals surface area contributed by atoms with Crippen molar-refractivity contribution >= 4 is 5.91 Å². The predicted octanol–water partition coefficient (Wildman–Crippen LogP) is 0.324. The molecule has 1 amide bonds. The lowest BCUT2D eigenvalue weighted by molar-refractivity contribution is -0.126. The summed E-state index contributed by atoms with van der Waals surface area (Å²) < 4.78 is 0. The van der Waals surface area contributed by atoms with Crippen molar-refractivity contribution in [1.82, 2.24) is 10.2 Å². The van der Waals surface area contributed by atoms with E-state index in [1.165, 1.54) is 19.3 Å². The lowest BCUT2D eigenvalue weighted by atomic mass is 10.1. The zero-order chi connectivity index (χ0) is 11.3. The molecular formula is C11H23N3O. The summed E-state index contributed by atoms with van der Waals surface area (Å²) in [5.74, 6) is 0.0929. The van der Waals surface area contributed by atoms with Crippen molar-refractivity contribution in [3.05, 3.63) is 0 Å². The van der Waals surface area contributed by atoms with Crippen molar-refractivity contribution in [2.75, 3.05) is 20.1 Å². The third-order valence-electron chi connectivity index (χ3n) is 3.32. The number of nitrogens with two attached hydrogens (primary N) is 1. The molecule has 2 unspecified atom stereocenters. The predicted molar refractivity (Wildman–Crippen MR) is 61.5 cm³/mol. The fourth-order valence-corrected chi connectivity index (χ4v) is 2.32. The third kappa shape index (κ3) is 3.18. The van der Waals surface area contributed by atoms with Gasteiger partial charge in [-0.05, 0) is 26.3 Å². The first-order valence-electron chi connectivity index (χ1n) is 5.88. The molecule has 0 radical (unpaired) electrons. The number of amides is 1. The Morgan fingerprint density at radius 2 is 2.27 bits per heavy atom. The maximum Gasteiger partial charge on any atom is 0.236 e. The quantitative estimate of drug-likeness (QED) is 0.710. The zero-order valence-corrected chi connectivity index (χ0v) is 9.83. The highest BCUT2D eigenvalue weighted by Crippen LogP contribution is 2.18. The Hall–Kier alpha value is -0.610. The molecule has 0 aliphatic carbocycles. The van der Waals surface area contributed by atoms with Crippen LogP contribution in [0.2, 0.25) is 0 Å². The SMILES string of the molecule is CNC(=O)C(C)N1CCCCCC1CN. The largest absolute Gasteiger partial charge is 0.358 e. The fraction of sp³-hybridized carbons (Fsp3) is 0.909. The molecule has 88 valence electrons. The van der Waals surface area contributed by atoms with E-state index in [4.69, 9.17) is 5.73 Å². The molecule has 1 heterocycles. The van der Waals surface area contributed by atoms with E-state index >= 15 is 0 Å². The molecule has 3 N–H and O–H groups in total. The van der Waals surface area contributed by atoms with Gasteiger partial charge in [0.2, 0.25) is 5.91 Å². The van der Waals surface area contributed by atoms with Crippen LogP contribution in [-0.4, -0.2) is 43.0 Å². The monoisotopic (exact) mass is 213 g/mol. The van der Waals surface area contributed by atoms with E-state index in [2.05, 4.69) is 10.2 Å². The smallest absolute Gasteiger partial charge is 0.236 e. The molecule has 1 rings (SSSR count). The first-order chi connectivity index (χ1) is 7.20. The maximum atomic E-state index is 11.6. The summed E-state index contributed by atoms with van der Waals surface area (Å²) in [7, 11) is 1.69. The van der Waals surface area contributed by atoms with Gasteiger partial charge in [-0.2, -0.15) is 0 Å². The van der Waals surface area contributed by atoms with Crippen LogP contribution < -0.4 is 11.1 Å².